The van der Waals surface area contributed by atoms with Crippen LogP contribution in [0.2, 0.25) is 5.02 Å². The molecule has 0 unspecified atom stereocenters. The molecule has 2 atom stereocenters. The number of nitrogens with one attached hydrogen (secondary N) is 1. The van der Waals surface area contributed by atoms with Crippen LogP contribution in [0.15, 0.2) is 48.5 Å². The fraction of sp³-hybridized carbons (Fsp3) is 0.278. The van der Waals surface area contributed by atoms with Crippen molar-refractivity contribution in [3.8, 4) is 17.2 Å². The first-order valence-electron chi connectivity index (χ1n) is 7.70. The van der Waals surface area contributed by atoms with Gasteiger partial charge in [0.25, 0.3) is 5.91 Å². The van der Waals surface area contributed by atoms with Crippen LogP contribution in [0.4, 0.5) is 0 Å². The van der Waals surface area contributed by atoms with Crippen molar-refractivity contribution in [2.45, 2.75) is 19.1 Å². The van der Waals surface area contributed by atoms with Gasteiger partial charge in [-0.3, -0.25) is 4.79 Å². The van der Waals surface area contributed by atoms with Crippen LogP contribution < -0.4 is 19.5 Å². The number of halogens is 1. The van der Waals surface area contributed by atoms with Crippen molar-refractivity contribution in [3.63, 3.8) is 0 Å². The Morgan fingerprint density at radius 2 is 2.08 bits per heavy atom. The Bertz CT molecular complexity index is 722. The monoisotopic (exact) mass is 347 g/mol. The van der Waals surface area contributed by atoms with Gasteiger partial charge in [0.1, 0.15) is 18.5 Å². The van der Waals surface area contributed by atoms with E-state index in [-0.39, 0.29) is 12.0 Å². The predicted molar refractivity (Wildman–Crippen MR) is 90.9 cm³/mol. The number of para-hydroxylation sites is 2. The Morgan fingerprint density at radius 1 is 1.29 bits per heavy atom. The number of fused-ring (bicyclic) bond motifs is 1. The third-order valence-corrected chi connectivity index (χ3v) is 3.78. The highest BCUT2D eigenvalue weighted by Crippen LogP contribution is 2.30. The molecule has 2 aromatic rings. The lowest BCUT2D eigenvalue weighted by Crippen LogP contribution is -2.44. The molecule has 126 valence electrons. The lowest BCUT2D eigenvalue weighted by Gasteiger charge is -2.27. The maximum absolute atomic E-state index is 12.2. The number of carbonyl (C=O) groups is 1. The number of carbonyl (C=O) groups excluding carboxylic acids is 1. The van der Waals surface area contributed by atoms with Crippen molar-refractivity contribution in [2.24, 2.45) is 0 Å². The molecule has 24 heavy (non-hydrogen) atoms. The van der Waals surface area contributed by atoms with Crippen LogP contribution in [0.3, 0.4) is 0 Å². The largest absolute Gasteiger partial charge is 0.486 e. The van der Waals surface area contributed by atoms with Gasteiger partial charge in [-0.25, -0.2) is 0 Å². The van der Waals surface area contributed by atoms with Crippen molar-refractivity contribution in [3.05, 3.63) is 53.6 Å². The van der Waals surface area contributed by atoms with Crippen molar-refractivity contribution in [2.75, 3.05) is 13.2 Å². The molecule has 0 bridgehead atoms. The molecule has 0 aliphatic carbocycles. The molecule has 1 amide bonds. The molecule has 2 aromatic carbocycles. The number of benzene rings is 2. The van der Waals surface area contributed by atoms with Gasteiger partial charge in [-0.1, -0.05) is 29.8 Å². The molecule has 0 saturated carbocycles. The molecule has 0 fully saturated rings. The lowest BCUT2D eigenvalue weighted by atomic mass is 10.2. The molecule has 6 heteroatoms. The third-order valence-electron chi connectivity index (χ3n) is 3.55. The van der Waals surface area contributed by atoms with E-state index in [9.17, 15) is 4.79 Å². The second-order valence-electron chi connectivity index (χ2n) is 5.46. The molecule has 5 nitrogen and oxygen atoms in total. The van der Waals surface area contributed by atoms with Gasteiger partial charge in [0, 0.05) is 5.02 Å². The molecule has 0 spiro atoms. The minimum absolute atomic E-state index is 0.225. The molecular formula is C18H18ClNO4. The summed E-state index contributed by atoms with van der Waals surface area (Å²) in [5, 5.41) is 3.38. The van der Waals surface area contributed by atoms with Crippen LogP contribution in [-0.2, 0) is 4.79 Å². The number of rotatable bonds is 5. The van der Waals surface area contributed by atoms with Crippen LogP contribution in [0.1, 0.15) is 6.92 Å². The molecule has 1 aliphatic rings. The maximum Gasteiger partial charge on any atom is 0.260 e. The summed E-state index contributed by atoms with van der Waals surface area (Å²) in [6.07, 6.45) is -0.873. The first-order valence-corrected chi connectivity index (χ1v) is 8.08. The number of hydrogen-bond donors (Lipinski definition) is 1. The summed E-state index contributed by atoms with van der Waals surface area (Å²) in [4.78, 5) is 12.2. The molecule has 0 radical (unpaired) electrons. The number of ether oxygens (including phenoxy) is 3. The molecule has 1 N–H and O–H groups in total. The molecule has 0 saturated heterocycles. The maximum atomic E-state index is 12.2. The van der Waals surface area contributed by atoms with E-state index in [0.717, 1.165) is 5.75 Å². The Morgan fingerprint density at radius 3 is 2.88 bits per heavy atom. The summed E-state index contributed by atoms with van der Waals surface area (Å²) in [5.74, 6) is 1.73. The van der Waals surface area contributed by atoms with E-state index < -0.39 is 6.10 Å². The van der Waals surface area contributed by atoms with Crippen molar-refractivity contribution in [1.29, 1.82) is 0 Å². The first kappa shape index (κ1) is 16.5. The van der Waals surface area contributed by atoms with E-state index in [2.05, 4.69) is 5.32 Å². The van der Waals surface area contributed by atoms with Crippen molar-refractivity contribution in [1.82, 2.24) is 5.32 Å². The van der Waals surface area contributed by atoms with Crippen molar-refractivity contribution < 1.29 is 19.0 Å². The van der Waals surface area contributed by atoms with Crippen LogP contribution >= 0.6 is 11.6 Å². The van der Waals surface area contributed by atoms with E-state index in [0.29, 0.717) is 29.7 Å². The van der Waals surface area contributed by atoms with Gasteiger partial charge in [-0.05, 0) is 37.3 Å². The van der Waals surface area contributed by atoms with Gasteiger partial charge in [-0.15, -0.1) is 0 Å². The standard InChI is InChI=1S/C18H18ClNO4/c1-12(23-14-6-4-5-13(19)9-14)18(21)20-10-15-11-22-16-7-2-3-8-17(16)24-15/h2-9,12,15H,10-11H2,1H3,(H,20,21)/t12-,15-/m1/s1. The van der Waals surface area contributed by atoms with Gasteiger partial charge in [-0.2, -0.15) is 0 Å². The molecule has 0 aromatic heterocycles. The molecule has 1 heterocycles. The Hall–Kier alpha value is -2.40. The summed E-state index contributed by atoms with van der Waals surface area (Å²) >= 11 is 5.90. The summed E-state index contributed by atoms with van der Waals surface area (Å²) in [6, 6.07) is 14.4. The minimum Gasteiger partial charge on any atom is -0.486 e. The zero-order chi connectivity index (χ0) is 16.9. The number of hydrogen-bond acceptors (Lipinski definition) is 4. The van der Waals surface area contributed by atoms with Crippen LogP contribution in [0, 0.1) is 0 Å². The Labute approximate surface area is 145 Å². The van der Waals surface area contributed by atoms with Crippen LogP contribution in [0.25, 0.3) is 0 Å². The zero-order valence-corrected chi connectivity index (χ0v) is 14.0. The molecule has 3 rings (SSSR count). The smallest absolute Gasteiger partial charge is 0.260 e. The van der Waals surface area contributed by atoms with Crippen molar-refractivity contribution >= 4 is 17.5 Å². The predicted octanol–water partition coefficient (Wildman–Crippen LogP) is 3.06. The van der Waals surface area contributed by atoms with E-state index in [4.69, 9.17) is 25.8 Å². The minimum atomic E-state index is -0.639. The van der Waals surface area contributed by atoms with E-state index in [1.807, 2.05) is 24.3 Å². The average Bonchev–Trinajstić information content (AvgIpc) is 2.59. The summed E-state index contributed by atoms with van der Waals surface area (Å²) in [7, 11) is 0. The number of amides is 1. The second-order valence-corrected chi connectivity index (χ2v) is 5.90. The first-order chi connectivity index (χ1) is 11.6. The SMILES string of the molecule is C[C@@H](Oc1cccc(Cl)c1)C(=O)NC[C@@H]1COc2ccccc2O1. The van der Waals surface area contributed by atoms with E-state index >= 15 is 0 Å². The van der Waals surface area contributed by atoms with E-state index in [1.54, 1.807) is 31.2 Å². The summed E-state index contributed by atoms with van der Waals surface area (Å²) in [6.45, 7) is 2.42. The van der Waals surface area contributed by atoms with Gasteiger partial charge in [0.15, 0.2) is 17.6 Å². The van der Waals surface area contributed by atoms with E-state index in [1.165, 1.54) is 0 Å². The zero-order valence-electron chi connectivity index (χ0n) is 13.2. The van der Waals surface area contributed by atoms with Gasteiger partial charge >= 0.3 is 0 Å². The highest BCUT2D eigenvalue weighted by atomic mass is 35.5. The topological polar surface area (TPSA) is 56.8 Å². The Kier molecular flexibility index (Phi) is 5.11. The van der Waals surface area contributed by atoms with Gasteiger partial charge < -0.3 is 19.5 Å². The lowest BCUT2D eigenvalue weighted by molar-refractivity contribution is -0.127. The third kappa shape index (κ3) is 4.11. The highest BCUT2D eigenvalue weighted by Gasteiger charge is 2.22. The Balaban J connectivity index is 1.49. The molecule has 1 aliphatic heterocycles. The fourth-order valence-corrected chi connectivity index (χ4v) is 2.50. The van der Waals surface area contributed by atoms with Crippen LogP contribution in [-0.4, -0.2) is 31.3 Å². The molecular weight excluding hydrogens is 330 g/mol. The fourth-order valence-electron chi connectivity index (χ4n) is 2.32. The second kappa shape index (κ2) is 7.45. The van der Waals surface area contributed by atoms with Gasteiger partial charge in [0.05, 0.1) is 6.54 Å². The quantitative estimate of drug-likeness (QED) is 0.903. The highest BCUT2D eigenvalue weighted by molar-refractivity contribution is 6.30. The summed E-state index contributed by atoms with van der Waals surface area (Å²) < 4.78 is 17.0. The normalized spacial score (nSPS) is 17.0. The summed E-state index contributed by atoms with van der Waals surface area (Å²) in [5.41, 5.74) is 0. The average molecular weight is 348 g/mol. The van der Waals surface area contributed by atoms with Crippen LogP contribution in [0.5, 0.6) is 17.2 Å². The van der Waals surface area contributed by atoms with Gasteiger partial charge in [0.2, 0.25) is 0 Å².